The summed E-state index contributed by atoms with van der Waals surface area (Å²) in [6.45, 7) is 4.28. The van der Waals surface area contributed by atoms with Gasteiger partial charge < -0.3 is 10.6 Å². The van der Waals surface area contributed by atoms with Gasteiger partial charge in [-0.05, 0) is 55.9 Å². The molecule has 2 nitrogen and oxygen atoms in total. The summed E-state index contributed by atoms with van der Waals surface area (Å²) < 4.78 is 0. The van der Waals surface area contributed by atoms with Crippen LogP contribution in [-0.2, 0) is 6.42 Å². The lowest BCUT2D eigenvalue weighted by molar-refractivity contribution is 0.323. The first-order chi connectivity index (χ1) is 9.66. The summed E-state index contributed by atoms with van der Waals surface area (Å²) in [5.74, 6) is 0. The lowest BCUT2D eigenvalue weighted by Gasteiger charge is -2.20. The first-order valence-corrected chi connectivity index (χ1v) is 8.07. The smallest absolute Gasteiger partial charge is 0.0309 e. The first kappa shape index (κ1) is 15.2. The number of hydrogen-bond donors (Lipinski definition) is 1. The van der Waals surface area contributed by atoms with Gasteiger partial charge in [0, 0.05) is 17.5 Å². The summed E-state index contributed by atoms with van der Waals surface area (Å²) in [4.78, 5) is 3.83. The number of hydrogen-bond acceptors (Lipinski definition) is 3. The van der Waals surface area contributed by atoms with Crippen LogP contribution in [0.15, 0.2) is 41.8 Å². The van der Waals surface area contributed by atoms with E-state index in [2.05, 4.69) is 60.6 Å². The highest BCUT2D eigenvalue weighted by Gasteiger charge is 2.09. The minimum absolute atomic E-state index is 0.139. The van der Waals surface area contributed by atoms with E-state index in [1.54, 1.807) is 0 Å². The normalized spacial score (nSPS) is 12.8. The number of benzene rings is 1. The molecule has 0 aliphatic rings. The van der Waals surface area contributed by atoms with E-state index in [0.717, 1.165) is 25.9 Å². The van der Waals surface area contributed by atoms with Crippen molar-refractivity contribution in [2.24, 2.45) is 5.73 Å². The van der Waals surface area contributed by atoms with Crippen molar-refractivity contribution in [1.29, 1.82) is 0 Å². The second kappa shape index (κ2) is 7.58. The molecule has 20 heavy (non-hydrogen) atoms. The largest absolute Gasteiger partial charge is 0.324 e. The Balaban J connectivity index is 1.75. The predicted molar refractivity (Wildman–Crippen MR) is 88.2 cm³/mol. The van der Waals surface area contributed by atoms with Crippen LogP contribution in [0.4, 0.5) is 0 Å². The van der Waals surface area contributed by atoms with Crippen molar-refractivity contribution in [2.45, 2.75) is 25.8 Å². The molecule has 0 aliphatic carbocycles. The van der Waals surface area contributed by atoms with Crippen LogP contribution >= 0.6 is 11.3 Å². The van der Waals surface area contributed by atoms with Crippen molar-refractivity contribution >= 4 is 11.3 Å². The molecule has 1 aromatic carbocycles. The SMILES string of the molecule is Cc1ccccc1C(N)CCN(C)CCc1cccs1. The van der Waals surface area contributed by atoms with Gasteiger partial charge in [0.05, 0.1) is 0 Å². The van der Waals surface area contributed by atoms with Crippen LogP contribution in [0, 0.1) is 6.92 Å². The maximum atomic E-state index is 6.31. The van der Waals surface area contributed by atoms with Crippen molar-refractivity contribution in [3.05, 3.63) is 57.8 Å². The lowest BCUT2D eigenvalue weighted by Crippen LogP contribution is -2.25. The molecule has 0 aliphatic heterocycles. The lowest BCUT2D eigenvalue weighted by atomic mass is 9.99. The van der Waals surface area contributed by atoms with Crippen molar-refractivity contribution in [3.63, 3.8) is 0 Å². The fraction of sp³-hybridized carbons (Fsp3) is 0.412. The number of rotatable bonds is 7. The van der Waals surface area contributed by atoms with Gasteiger partial charge in [0.25, 0.3) is 0 Å². The Hall–Kier alpha value is -1.16. The van der Waals surface area contributed by atoms with Crippen molar-refractivity contribution in [2.75, 3.05) is 20.1 Å². The summed E-state index contributed by atoms with van der Waals surface area (Å²) in [5.41, 5.74) is 8.88. The third kappa shape index (κ3) is 4.44. The molecule has 0 bridgehead atoms. The van der Waals surface area contributed by atoms with Crippen LogP contribution in [0.25, 0.3) is 0 Å². The van der Waals surface area contributed by atoms with Gasteiger partial charge in [-0.25, -0.2) is 0 Å². The second-order valence-electron chi connectivity index (χ2n) is 5.38. The molecule has 0 spiro atoms. The summed E-state index contributed by atoms with van der Waals surface area (Å²) >= 11 is 1.84. The van der Waals surface area contributed by atoms with Gasteiger partial charge in [-0.2, -0.15) is 0 Å². The highest BCUT2D eigenvalue weighted by molar-refractivity contribution is 7.09. The summed E-state index contributed by atoms with van der Waals surface area (Å²) in [5, 5.41) is 2.14. The van der Waals surface area contributed by atoms with Gasteiger partial charge in [-0.1, -0.05) is 30.3 Å². The van der Waals surface area contributed by atoms with Crippen LogP contribution in [-0.4, -0.2) is 25.0 Å². The van der Waals surface area contributed by atoms with Gasteiger partial charge in [0.2, 0.25) is 0 Å². The molecule has 0 radical (unpaired) electrons. The van der Waals surface area contributed by atoms with E-state index in [1.807, 2.05) is 11.3 Å². The molecule has 0 saturated heterocycles. The summed E-state index contributed by atoms with van der Waals surface area (Å²) in [7, 11) is 2.18. The first-order valence-electron chi connectivity index (χ1n) is 7.19. The third-order valence-electron chi connectivity index (χ3n) is 3.73. The molecule has 2 aromatic rings. The van der Waals surface area contributed by atoms with E-state index < -0.39 is 0 Å². The Bertz CT molecular complexity index is 507. The summed E-state index contributed by atoms with van der Waals surface area (Å²) in [6.07, 6.45) is 2.14. The Morgan fingerprint density at radius 2 is 1.95 bits per heavy atom. The molecule has 3 heteroatoms. The van der Waals surface area contributed by atoms with E-state index in [9.17, 15) is 0 Å². The molecule has 2 N–H and O–H groups in total. The number of aryl methyl sites for hydroxylation is 1. The number of nitrogens with two attached hydrogens (primary N) is 1. The zero-order chi connectivity index (χ0) is 14.4. The van der Waals surface area contributed by atoms with Crippen LogP contribution in [0.5, 0.6) is 0 Å². The van der Waals surface area contributed by atoms with Gasteiger partial charge in [0.15, 0.2) is 0 Å². The van der Waals surface area contributed by atoms with Crippen molar-refractivity contribution in [3.8, 4) is 0 Å². The Morgan fingerprint density at radius 3 is 2.65 bits per heavy atom. The Morgan fingerprint density at radius 1 is 1.15 bits per heavy atom. The van der Waals surface area contributed by atoms with Crippen LogP contribution < -0.4 is 5.73 Å². The van der Waals surface area contributed by atoms with Gasteiger partial charge in [-0.3, -0.25) is 0 Å². The number of likely N-dealkylation sites (N-methyl/N-ethyl adjacent to an activating group) is 1. The highest BCUT2D eigenvalue weighted by Crippen LogP contribution is 2.18. The number of nitrogens with zero attached hydrogens (tertiary/aromatic N) is 1. The van der Waals surface area contributed by atoms with Crippen LogP contribution in [0.3, 0.4) is 0 Å². The zero-order valence-corrected chi connectivity index (χ0v) is 13.2. The monoisotopic (exact) mass is 288 g/mol. The van der Waals surface area contributed by atoms with E-state index in [1.165, 1.54) is 16.0 Å². The molecule has 0 amide bonds. The molecule has 0 fully saturated rings. The maximum absolute atomic E-state index is 6.31. The minimum Gasteiger partial charge on any atom is -0.324 e. The quantitative estimate of drug-likeness (QED) is 0.843. The van der Waals surface area contributed by atoms with Gasteiger partial charge in [0.1, 0.15) is 0 Å². The molecule has 1 atom stereocenters. The second-order valence-corrected chi connectivity index (χ2v) is 6.42. The van der Waals surface area contributed by atoms with E-state index in [0.29, 0.717) is 0 Å². The van der Waals surface area contributed by atoms with Gasteiger partial charge >= 0.3 is 0 Å². The van der Waals surface area contributed by atoms with Crippen molar-refractivity contribution in [1.82, 2.24) is 4.90 Å². The van der Waals surface area contributed by atoms with E-state index in [-0.39, 0.29) is 6.04 Å². The molecular formula is C17H24N2S. The Labute approximate surface area is 126 Å². The fourth-order valence-corrected chi connectivity index (χ4v) is 3.08. The van der Waals surface area contributed by atoms with Crippen molar-refractivity contribution < 1.29 is 0 Å². The maximum Gasteiger partial charge on any atom is 0.0309 e. The summed E-state index contributed by atoms with van der Waals surface area (Å²) in [6, 6.07) is 12.9. The molecule has 1 aromatic heterocycles. The highest BCUT2D eigenvalue weighted by atomic mass is 32.1. The van der Waals surface area contributed by atoms with Crippen LogP contribution in [0.1, 0.15) is 28.5 Å². The predicted octanol–water partition coefficient (Wildman–Crippen LogP) is 3.62. The molecular weight excluding hydrogens is 264 g/mol. The molecule has 1 unspecified atom stereocenters. The van der Waals surface area contributed by atoms with Gasteiger partial charge in [-0.15, -0.1) is 11.3 Å². The Kier molecular flexibility index (Phi) is 5.77. The molecule has 2 rings (SSSR count). The number of thiophene rings is 1. The topological polar surface area (TPSA) is 29.3 Å². The molecule has 0 saturated carbocycles. The fourth-order valence-electron chi connectivity index (χ4n) is 2.39. The standard InChI is InChI=1S/C17H24N2S/c1-14-6-3-4-8-16(14)17(18)10-12-19(2)11-9-15-7-5-13-20-15/h3-8,13,17H,9-12,18H2,1-2H3. The van der Waals surface area contributed by atoms with E-state index in [4.69, 9.17) is 5.73 Å². The third-order valence-corrected chi connectivity index (χ3v) is 4.67. The average molecular weight is 288 g/mol. The molecule has 1 heterocycles. The van der Waals surface area contributed by atoms with Crippen LogP contribution in [0.2, 0.25) is 0 Å². The van der Waals surface area contributed by atoms with E-state index >= 15 is 0 Å². The minimum atomic E-state index is 0.139. The zero-order valence-electron chi connectivity index (χ0n) is 12.4. The molecule has 108 valence electrons. The average Bonchev–Trinajstić information content (AvgIpc) is 2.96.